The molecular weight excluding hydrogens is 374 g/mol. The Labute approximate surface area is 166 Å². The van der Waals surface area contributed by atoms with Crippen molar-refractivity contribution in [1.29, 1.82) is 0 Å². The number of aryl methyl sites for hydroxylation is 1. The van der Waals surface area contributed by atoms with Gasteiger partial charge < -0.3 is 5.32 Å². The zero-order valence-electron chi connectivity index (χ0n) is 16.0. The Hall–Kier alpha value is -2.51. The van der Waals surface area contributed by atoms with E-state index in [1.807, 2.05) is 13.0 Å². The highest BCUT2D eigenvalue weighted by Crippen LogP contribution is 2.21. The van der Waals surface area contributed by atoms with Crippen molar-refractivity contribution in [3.8, 4) is 0 Å². The monoisotopic (exact) mass is 399 g/mol. The molecule has 0 saturated carbocycles. The van der Waals surface area contributed by atoms with Gasteiger partial charge in [0.2, 0.25) is 15.9 Å². The summed E-state index contributed by atoms with van der Waals surface area (Å²) in [4.78, 5) is 16.4. The number of anilines is 1. The second-order valence-electron chi connectivity index (χ2n) is 6.90. The van der Waals surface area contributed by atoms with Crippen LogP contribution in [0.2, 0.25) is 0 Å². The smallest absolute Gasteiger partial charge is 0.248 e. The van der Waals surface area contributed by atoms with E-state index in [4.69, 9.17) is 0 Å². The number of benzene rings is 1. The molecule has 0 spiro atoms. The van der Waals surface area contributed by atoms with E-state index in [1.165, 1.54) is 6.08 Å². The molecule has 0 unspecified atom stereocenters. The van der Waals surface area contributed by atoms with Crippen LogP contribution < -0.4 is 5.32 Å². The standard InChI is InChI=1S/C21H25N3O3S/c1-17-12-13-22-16-20(17)23-21(25)11-8-18-6-9-19(10-7-18)28(26,27)24-14-4-2-3-5-15-24/h6-13,16H,2-5,14-15H2,1H3,(H,23,25). The molecule has 28 heavy (non-hydrogen) atoms. The lowest BCUT2D eigenvalue weighted by Crippen LogP contribution is -2.31. The van der Waals surface area contributed by atoms with Crippen LogP contribution in [0.3, 0.4) is 0 Å². The van der Waals surface area contributed by atoms with Gasteiger partial charge in [-0.3, -0.25) is 9.78 Å². The molecule has 0 atom stereocenters. The van der Waals surface area contributed by atoms with Gasteiger partial charge in [-0.05, 0) is 55.2 Å². The lowest BCUT2D eigenvalue weighted by molar-refractivity contribution is -0.111. The number of hydrogen-bond acceptors (Lipinski definition) is 4. The summed E-state index contributed by atoms with van der Waals surface area (Å²) in [5.41, 5.74) is 2.35. The summed E-state index contributed by atoms with van der Waals surface area (Å²) in [6.45, 7) is 3.06. The van der Waals surface area contributed by atoms with Gasteiger partial charge >= 0.3 is 0 Å². The van der Waals surface area contributed by atoms with Crippen molar-refractivity contribution in [2.45, 2.75) is 37.5 Å². The maximum Gasteiger partial charge on any atom is 0.248 e. The van der Waals surface area contributed by atoms with Crippen LogP contribution >= 0.6 is 0 Å². The Kier molecular flexibility index (Phi) is 6.59. The maximum atomic E-state index is 12.8. The molecule has 1 amide bonds. The molecule has 0 aliphatic carbocycles. The number of carbonyl (C=O) groups is 1. The van der Waals surface area contributed by atoms with E-state index in [0.29, 0.717) is 23.7 Å². The Morgan fingerprint density at radius 2 is 1.75 bits per heavy atom. The Morgan fingerprint density at radius 1 is 1.07 bits per heavy atom. The fourth-order valence-corrected chi connectivity index (χ4v) is 4.64. The number of carbonyl (C=O) groups excluding carboxylic acids is 1. The fraction of sp³-hybridized carbons (Fsp3) is 0.333. The van der Waals surface area contributed by atoms with Gasteiger partial charge in [-0.25, -0.2) is 8.42 Å². The van der Waals surface area contributed by atoms with Crippen molar-refractivity contribution in [3.05, 3.63) is 59.9 Å². The van der Waals surface area contributed by atoms with Crippen LogP contribution in [0.1, 0.15) is 36.8 Å². The molecule has 0 radical (unpaired) electrons. The third-order valence-corrected chi connectivity index (χ3v) is 6.72. The highest BCUT2D eigenvalue weighted by molar-refractivity contribution is 7.89. The van der Waals surface area contributed by atoms with Crippen LogP contribution in [0.15, 0.2) is 53.7 Å². The van der Waals surface area contributed by atoms with Crippen molar-refractivity contribution in [1.82, 2.24) is 9.29 Å². The van der Waals surface area contributed by atoms with Gasteiger partial charge in [0, 0.05) is 25.4 Å². The number of aromatic nitrogens is 1. The van der Waals surface area contributed by atoms with Crippen LogP contribution in [0.5, 0.6) is 0 Å². The summed E-state index contributed by atoms with van der Waals surface area (Å²) in [6.07, 6.45) is 10.3. The molecule has 3 rings (SSSR count). The number of amides is 1. The Balaban J connectivity index is 1.66. The highest BCUT2D eigenvalue weighted by atomic mass is 32.2. The minimum Gasteiger partial charge on any atom is -0.321 e. The van der Waals surface area contributed by atoms with Crippen molar-refractivity contribution >= 4 is 27.7 Å². The summed E-state index contributed by atoms with van der Waals surface area (Å²) >= 11 is 0. The quantitative estimate of drug-likeness (QED) is 0.779. The first-order chi connectivity index (χ1) is 13.5. The number of pyridine rings is 1. The first kappa shape index (κ1) is 20.2. The van der Waals surface area contributed by atoms with Gasteiger partial charge in [-0.2, -0.15) is 4.31 Å². The van der Waals surface area contributed by atoms with Gasteiger partial charge in [-0.1, -0.05) is 25.0 Å². The molecule has 1 saturated heterocycles. The molecular formula is C21H25N3O3S. The Bertz CT molecular complexity index is 945. The first-order valence-electron chi connectivity index (χ1n) is 9.47. The van der Waals surface area contributed by atoms with E-state index in [2.05, 4.69) is 10.3 Å². The lowest BCUT2D eigenvalue weighted by atomic mass is 10.2. The van der Waals surface area contributed by atoms with E-state index in [0.717, 1.165) is 36.8 Å². The van der Waals surface area contributed by atoms with Crippen LogP contribution in [-0.2, 0) is 14.8 Å². The summed E-state index contributed by atoms with van der Waals surface area (Å²) in [6, 6.07) is 8.45. The molecule has 2 heterocycles. The van der Waals surface area contributed by atoms with Crippen molar-refractivity contribution in [2.24, 2.45) is 0 Å². The van der Waals surface area contributed by atoms with Gasteiger partial charge in [0.15, 0.2) is 0 Å². The zero-order chi connectivity index (χ0) is 20.0. The van der Waals surface area contributed by atoms with E-state index in [1.54, 1.807) is 47.0 Å². The van der Waals surface area contributed by atoms with Gasteiger partial charge in [-0.15, -0.1) is 0 Å². The second-order valence-corrected chi connectivity index (χ2v) is 8.84. The summed E-state index contributed by atoms with van der Waals surface area (Å²) in [5, 5.41) is 2.77. The van der Waals surface area contributed by atoms with Crippen molar-refractivity contribution in [3.63, 3.8) is 0 Å². The first-order valence-corrected chi connectivity index (χ1v) is 10.9. The van der Waals surface area contributed by atoms with Crippen LogP contribution in [0, 0.1) is 6.92 Å². The largest absolute Gasteiger partial charge is 0.321 e. The third kappa shape index (κ3) is 5.05. The molecule has 1 aromatic heterocycles. The normalized spacial score (nSPS) is 16.0. The SMILES string of the molecule is Cc1ccncc1NC(=O)C=Cc1ccc(S(=O)(=O)N2CCCCCC2)cc1. The van der Waals surface area contributed by atoms with Crippen LogP contribution in [-0.4, -0.2) is 36.7 Å². The topological polar surface area (TPSA) is 79.4 Å². The molecule has 7 heteroatoms. The third-order valence-electron chi connectivity index (χ3n) is 4.81. The Morgan fingerprint density at radius 3 is 2.39 bits per heavy atom. The molecule has 6 nitrogen and oxygen atoms in total. The van der Waals surface area contributed by atoms with Gasteiger partial charge in [0.1, 0.15) is 0 Å². The molecule has 148 valence electrons. The number of sulfonamides is 1. The fourth-order valence-electron chi connectivity index (χ4n) is 3.12. The van der Waals surface area contributed by atoms with E-state index in [-0.39, 0.29) is 5.91 Å². The molecule has 0 bridgehead atoms. The number of nitrogens with one attached hydrogen (secondary N) is 1. The average Bonchev–Trinajstić information content (AvgIpc) is 2.99. The average molecular weight is 400 g/mol. The zero-order valence-corrected chi connectivity index (χ0v) is 16.8. The predicted molar refractivity (Wildman–Crippen MR) is 110 cm³/mol. The number of nitrogens with zero attached hydrogens (tertiary/aromatic N) is 2. The second kappa shape index (κ2) is 9.12. The molecule has 1 N–H and O–H groups in total. The van der Waals surface area contributed by atoms with E-state index >= 15 is 0 Å². The van der Waals surface area contributed by atoms with Gasteiger partial charge in [0.25, 0.3) is 0 Å². The molecule has 2 aromatic rings. The molecule has 1 aliphatic rings. The minimum absolute atomic E-state index is 0.266. The lowest BCUT2D eigenvalue weighted by Gasteiger charge is -2.19. The molecule has 1 aromatic carbocycles. The van der Waals surface area contributed by atoms with E-state index in [9.17, 15) is 13.2 Å². The van der Waals surface area contributed by atoms with Crippen molar-refractivity contribution < 1.29 is 13.2 Å². The van der Waals surface area contributed by atoms with Gasteiger partial charge in [0.05, 0.1) is 16.8 Å². The van der Waals surface area contributed by atoms with Crippen molar-refractivity contribution in [2.75, 3.05) is 18.4 Å². The number of hydrogen-bond donors (Lipinski definition) is 1. The summed E-state index contributed by atoms with van der Waals surface area (Å²) < 4.78 is 27.2. The molecule has 1 aliphatic heterocycles. The number of rotatable bonds is 5. The predicted octanol–water partition coefficient (Wildman–Crippen LogP) is 3.61. The summed E-state index contributed by atoms with van der Waals surface area (Å²) in [5.74, 6) is -0.266. The minimum atomic E-state index is -3.46. The molecule has 1 fully saturated rings. The highest BCUT2D eigenvalue weighted by Gasteiger charge is 2.24. The van der Waals surface area contributed by atoms with E-state index < -0.39 is 10.0 Å². The van der Waals surface area contributed by atoms with Crippen LogP contribution in [0.25, 0.3) is 6.08 Å². The maximum absolute atomic E-state index is 12.8. The van der Waals surface area contributed by atoms with Crippen LogP contribution in [0.4, 0.5) is 5.69 Å². The summed E-state index contributed by atoms with van der Waals surface area (Å²) in [7, 11) is -3.46.